The van der Waals surface area contributed by atoms with E-state index < -0.39 is 23.3 Å². The fourth-order valence-corrected chi connectivity index (χ4v) is 2.29. The highest BCUT2D eigenvalue weighted by molar-refractivity contribution is 6.31. The number of aliphatic carboxylic acids is 1. The molecule has 0 amide bonds. The molecule has 0 spiro atoms. The Hall–Kier alpha value is -2.14. The van der Waals surface area contributed by atoms with Crippen molar-refractivity contribution < 1.29 is 14.3 Å². The summed E-state index contributed by atoms with van der Waals surface area (Å²) in [5, 5.41) is 9.32. The van der Waals surface area contributed by atoms with Crippen LogP contribution in [0.3, 0.4) is 0 Å². The van der Waals surface area contributed by atoms with Crippen LogP contribution in [0.4, 0.5) is 4.39 Å². The molecular weight excluding hydrogens is 285 g/mol. The van der Waals surface area contributed by atoms with E-state index in [0.717, 1.165) is 6.07 Å². The second kappa shape index (κ2) is 5.88. The Bertz CT molecular complexity index is 679. The molecule has 1 aromatic heterocycles. The van der Waals surface area contributed by atoms with E-state index in [9.17, 15) is 19.1 Å². The Kier molecular flexibility index (Phi) is 4.20. The van der Waals surface area contributed by atoms with Crippen molar-refractivity contribution in [3.05, 3.63) is 68.8 Å². The first-order chi connectivity index (χ1) is 9.50. The average molecular weight is 296 g/mol. The largest absolute Gasteiger partial charge is 0.481 e. The highest BCUT2D eigenvalue weighted by atomic mass is 35.5. The molecule has 0 aliphatic carbocycles. The number of carboxylic acid groups (broad SMARTS) is 1. The van der Waals surface area contributed by atoms with Gasteiger partial charge in [-0.2, -0.15) is 0 Å². The van der Waals surface area contributed by atoms with Crippen LogP contribution >= 0.6 is 11.6 Å². The topological polar surface area (TPSA) is 70.2 Å². The minimum atomic E-state index is -1.24. The fraction of sp³-hybridized carbons (Fsp3) is 0.143. The van der Waals surface area contributed by atoms with Gasteiger partial charge in [0.15, 0.2) is 0 Å². The molecule has 2 rings (SSSR count). The van der Waals surface area contributed by atoms with Gasteiger partial charge in [0.25, 0.3) is 5.56 Å². The Morgan fingerprint density at radius 1 is 1.35 bits per heavy atom. The van der Waals surface area contributed by atoms with E-state index in [1.807, 2.05) is 0 Å². The summed E-state index contributed by atoms with van der Waals surface area (Å²) in [6.07, 6.45) is 1.31. The summed E-state index contributed by atoms with van der Waals surface area (Å²) in [6.45, 7) is 0. The van der Waals surface area contributed by atoms with Crippen LogP contribution in [0.5, 0.6) is 0 Å². The van der Waals surface area contributed by atoms with E-state index in [-0.39, 0.29) is 22.6 Å². The van der Waals surface area contributed by atoms with Gasteiger partial charge in [0.05, 0.1) is 5.92 Å². The molecule has 2 N–H and O–H groups in total. The maximum Gasteiger partial charge on any atom is 0.311 e. The second-order valence-corrected chi connectivity index (χ2v) is 4.66. The maximum absolute atomic E-state index is 13.8. The summed E-state index contributed by atoms with van der Waals surface area (Å²) < 4.78 is 13.8. The molecule has 1 aromatic carbocycles. The van der Waals surface area contributed by atoms with Gasteiger partial charge in [-0.15, -0.1) is 0 Å². The third kappa shape index (κ3) is 2.88. The highest BCUT2D eigenvalue weighted by Gasteiger charge is 2.26. The van der Waals surface area contributed by atoms with Gasteiger partial charge in [-0.1, -0.05) is 23.7 Å². The van der Waals surface area contributed by atoms with Crippen molar-refractivity contribution in [2.45, 2.75) is 12.3 Å². The molecule has 1 unspecified atom stereocenters. The zero-order valence-corrected chi connectivity index (χ0v) is 11.0. The van der Waals surface area contributed by atoms with Crippen LogP contribution in [-0.4, -0.2) is 16.1 Å². The molecule has 1 atom stereocenters. The van der Waals surface area contributed by atoms with Gasteiger partial charge in [0, 0.05) is 22.3 Å². The number of aromatic amines is 1. The standard InChI is InChI=1S/C14H11ClFNO3/c15-10-4-1-5-11(16)12(10)9(14(19)20)7-8-3-2-6-17-13(8)18/h1-6,9H,7H2,(H,17,18)(H,19,20). The van der Waals surface area contributed by atoms with E-state index >= 15 is 0 Å². The van der Waals surface area contributed by atoms with E-state index in [0.29, 0.717) is 0 Å². The van der Waals surface area contributed by atoms with Gasteiger partial charge in [0.2, 0.25) is 0 Å². The van der Waals surface area contributed by atoms with Crippen LogP contribution in [0.25, 0.3) is 0 Å². The number of H-pyrrole nitrogens is 1. The van der Waals surface area contributed by atoms with Gasteiger partial charge >= 0.3 is 5.97 Å². The number of aromatic nitrogens is 1. The van der Waals surface area contributed by atoms with E-state index in [2.05, 4.69) is 4.98 Å². The lowest BCUT2D eigenvalue weighted by Gasteiger charge is -2.14. The van der Waals surface area contributed by atoms with E-state index in [1.165, 1.54) is 24.4 Å². The van der Waals surface area contributed by atoms with Gasteiger partial charge in [-0.3, -0.25) is 9.59 Å². The Morgan fingerprint density at radius 2 is 2.10 bits per heavy atom. The van der Waals surface area contributed by atoms with Crippen LogP contribution < -0.4 is 5.56 Å². The first-order valence-electron chi connectivity index (χ1n) is 5.84. The lowest BCUT2D eigenvalue weighted by molar-refractivity contribution is -0.138. The van der Waals surface area contributed by atoms with Crippen LogP contribution in [-0.2, 0) is 11.2 Å². The SMILES string of the molecule is O=C(O)C(Cc1ccc[nH]c1=O)c1c(F)cccc1Cl. The molecule has 0 bridgehead atoms. The molecular formula is C14H11ClFNO3. The van der Waals surface area contributed by atoms with Gasteiger partial charge < -0.3 is 10.1 Å². The molecule has 0 aliphatic rings. The molecule has 0 aliphatic heterocycles. The lowest BCUT2D eigenvalue weighted by Crippen LogP contribution is -2.21. The quantitative estimate of drug-likeness (QED) is 0.911. The number of carboxylic acids is 1. The normalized spacial score (nSPS) is 12.1. The molecule has 1 heterocycles. The van der Waals surface area contributed by atoms with Crippen molar-refractivity contribution in [2.24, 2.45) is 0 Å². The van der Waals surface area contributed by atoms with Crippen molar-refractivity contribution in [3.63, 3.8) is 0 Å². The summed E-state index contributed by atoms with van der Waals surface area (Å²) in [5.74, 6) is -3.15. The summed E-state index contributed by atoms with van der Waals surface area (Å²) >= 11 is 5.89. The summed E-state index contributed by atoms with van der Waals surface area (Å²) in [7, 11) is 0. The van der Waals surface area contributed by atoms with E-state index in [4.69, 9.17) is 11.6 Å². The summed E-state index contributed by atoms with van der Waals surface area (Å²) in [4.78, 5) is 25.4. The van der Waals surface area contributed by atoms with E-state index in [1.54, 1.807) is 6.07 Å². The molecule has 104 valence electrons. The number of benzene rings is 1. The third-order valence-corrected chi connectivity index (χ3v) is 3.30. The number of nitrogens with one attached hydrogen (secondary N) is 1. The van der Waals surface area contributed by atoms with Crippen LogP contribution in [0.1, 0.15) is 17.0 Å². The second-order valence-electron chi connectivity index (χ2n) is 4.25. The first kappa shape index (κ1) is 14.3. The zero-order chi connectivity index (χ0) is 14.7. The monoisotopic (exact) mass is 295 g/mol. The van der Waals surface area contributed by atoms with Crippen molar-refractivity contribution in [2.75, 3.05) is 0 Å². The molecule has 2 aromatic rings. The smallest absolute Gasteiger partial charge is 0.311 e. The van der Waals surface area contributed by atoms with Crippen LogP contribution in [0.15, 0.2) is 41.3 Å². The molecule has 6 heteroatoms. The predicted octanol–water partition coefficient (Wildman–Crippen LogP) is 2.58. The Morgan fingerprint density at radius 3 is 2.70 bits per heavy atom. The summed E-state index contributed by atoms with van der Waals surface area (Å²) in [6, 6.07) is 7.05. The van der Waals surface area contributed by atoms with Gasteiger partial charge in [0.1, 0.15) is 5.82 Å². The van der Waals surface area contributed by atoms with Crippen molar-refractivity contribution >= 4 is 17.6 Å². The minimum absolute atomic E-state index is 0.0322. The van der Waals surface area contributed by atoms with Crippen LogP contribution in [0.2, 0.25) is 5.02 Å². The van der Waals surface area contributed by atoms with Crippen molar-refractivity contribution in [1.82, 2.24) is 4.98 Å². The molecule has 0 saturated heterocycles. The predicted molar refractivity (Wildman–Crippen MR) is 72.6 cm³/mol. The summed E-state index contributed by atoms with van der Waals surface area (Å²) in [5.41, 5.74) is -0.240. The number of hydrogen-bond donors (Lipinski definition) is 2. The fourth-order valence-electron chi connectivity index (χ4n) is 1.99. The Balaban J connectivity index is 2.46. The zero-order valence-electron chi connectivity index (χ0n) is 10.3. The average Bonchev–Trinajstić information content (AvgIpc) is 2.39. The number of halogens is 2. The minimum Gasteiger partial charge on any atom is -0.481 e. The maximum atomic E-state index is 13.8. The van der Waals surface area contributed by atoms with Gasteiger partial charge in [-0.25, -0.2) is 4.39 Å². The molecule has 0 fully saturated rings. The number of rotatable bonds is 4. The van der Waals surface area contributed by atoms with Crippen LogP contribution in [0, 0.1) is 5.82 Å². The molecule has 0 saturated carbocycles. The Labute approximate surface area is 118 Å². The molecule has 0 radical (unpaired) electrons. The molecule has 4 nitrogen and oxygen atoms in total. The van der Waals surface area contributed by atoms with Crippen molar-refractivity contribution in [1.29, 1.82) is 0 Å². The third-order valence-electron chi connectivity index (χ3n) is 2.97. The number of carbonyl (C=O) groups is 1. The van der Waals surface area contributed by atoms with Crippen molar-refractivity contribution in [3.8, 4) is 0 Å². The first-order valence-corrected chi connectivity index (χ1v) is 6.21. The van der Waals surface area contributed by atoms with Gasteiger partial charge in [-0.05, 0) is 24.6 Å². The molecule has 20 heavy (non-hydrogen) atoms. The highest BCUT2D eigenvalue weighted by Crippen LogP contribution is 2.29. The number of hydrogen-bond acceptors (Lipinski definition) is 2. The number of pyridine rings is 1. The lowest BCUT2D eigenvalue weighted by atomic mass is 9.92.